The van der Waals surface area contributed by atoms with Crippen LogP contribution in [0.1, 0.15) is 32.6 Å². The Kier molecular flexibility index (Phi) is 2.72. The maximum Gasteiger partial charge on any atom is 0.0309 e. The molecule has 0 aromatic carbocycles. The Morgan fingerprint density at radius 3 is 2.44 bits per heavy atom. The minimum absolute atomic E-state index is 0.421. The summed E-state index contributed by atoms with van der Waals surface area (Å²) in [5, 5.41) is 3.82. The lowest BCUT2D eigenvalue weighted by Crippen LogP contribution is -2.66. The van der Waals surface area contributed by atoms with E-state index in [1.54, 1.807) is 0 Å². The highest BCUT2D eigenvalue weighted by molar-refractivity contribution is 5.04. The molecule has 3 nitrogen and oxygen atoms in total. The molecule has 0 radical (unpaired) electrons. The van der Waals surface area contributed by atoms with E-state index in [-0.39, 0.29) is 0 Å². The third-order valence-electron chi connectivity index (χ3n) is 6.03. The summed E-state index contributed by atoms with van der Waals surface area (Å²) in [5.41, 5.74) is 0.421. The van der Waals surface area contributed by atoms with Gasteiger partial charge in [0.2, 0.25) is 0 Å². The van der Waals surface area contributed by atoms with Crippen molar-refractivity contribution in [3.8, 4) is 0 Å². The van der Waals surface area contributed by atoms with Crippen LogP contribution in [0.15, 0.2) is 0 Å². The first-order chi connectivity index (χ1) is 8.74. The van der Waals surface area contributed by atoms with E-state index in [2.05, 4.69) is 22.0 Å². The molecule has 0 spiro atoms. The van der Waals surface area contributed by atoms with E-state index >= 15 is 0 Å². The van der Waals surface area contributed by atoms with Crippen LogP contribution in [0, 0.1) is 11.8 Å². The smallest absolute Gasteiger partial charge is 0.0309 e. The number of hydrogen-bond donors (Lipinski definition) is 1. The molecule has 4 aliphatic heterocycles. The third-order valence-corrected chi connectivity index (χ3v) is 6.03. The van der Waals surface area contributed by atoms with Crippen molar-refractivity contribution in [3.05, 3.63) is 0 Å². The van der Waals surface area contributed by atoms with Gasteiger partial charge in [-0.25, -0.2) is 0 Å². The molecule has 1 saturated carbocycles. The van der Waals surface area contributed by atoms with Gasteiger partial charge in [0.05, 0.1) is 0 Å². The van der Waals surface area contributed by atoms with Crippen molar-refractivity contribution < 1.29 is 0 Å². The summed E-state index contributed by atoms with van der Waals surface area (Å²) in [6.07, 6.45) is 5.82. The minimum atomic E-state index is 0.421. The van der Waals surface area contributed by atoms with Crippen LogP contribution in [0.4, 0.5) is 0 Å². The highest BCUT2D eigenvalue weighted by Crippen LogP contribution is 2.42. The van der Waals surface area contributed by atoms with Gasteiger partial charge in [-0.15, -0.1) is 0 Å². The molecule has 0 amide bonds. The molecule has 5 fully saturated rings. The number of fused-ring (bicyclic) bond motifs is 3. The Labute approximate surface area is 111 Å². The van der Waals surface area contributed by atoms with Crippen LogP contribution < -0.4 is 5.32 Å². The van der Waals surface area contributed by atoms with Gasteiger partial charge in [0.15, 0.2) is 0 Å². The van der Waals surface area contributed by atoms with E-state index in [4.69, 9.17) is 0 Å². The van der Waals surface area contributed by atoms with Crippen LogP contribution in [-0.2, 0) is 0 Å². The molecule has 4 saturated heterocycles. The van der Waals surface area contributed by atoms with Crippen molar-refractivity contribution in [3.63, 3.8) is 0 Å². The summed E-state index contributed by atoms with van der Waals surface area (Å²) in [5.74, 6) is 1.96. The van der Waals surface area contributed by atoms with Crippen LogP contribution in [0.5, 0.6) is 0 Å². The van der Waals surface area contributed by atoms with Gasteiger partial charge in [-0.3, -0.25) is 4.90 Å². The fraction of sp³-hybridized carbons (Fsp3) is 1.00. The number of piperazine rings is 1. The Hall–Kier alpha value is -0.120. The molecule has 102 valence electrons. The van der Waals surface area contributed by atoms with Crippen molar-refractivity contribution in [1.29, 1.82) is 0 Å². The minimum Gasteiger partial charge on any atom is -0.309 e. The molecule has 2 unspecified atom stereocenters. The summed E-state index contributed by atoms with van der Waals surface area (Å²) >= 11 is 0. The van der Waals surface area contributed by atoms with Crippen molar-refractivity contribution in [2.45, 2.75) is 44.2 Å². The molecule has 5 rings (SSSR count). The second-order valence-corrected chi connectivity index (χ2v) is 7.29. The van der Waals surface area contributed by atoms with Crippen molar-refractivity contribution in [2.24, 2.45) is 11.8 Å². The van der Waals surface area contributed by atoms with Crippen molar-refractivity contribution in [1.82, 2.24) is 15.1 Å². The second kappa shape index (κ2) is 4.19. The lowest BCUT2D eigenvalue weighted by Gasteiger charge is -2.53. The average Bonchev–Trinajstić information content (AvgIpc) is 3.25. The van der Waals surface area contributed by atoms with Gasteiger partial charge < -0.3 is 10.2 Å². The van der Waals surface area contributed by atoms with E-state index in [9.17, 15) is 0 Å². The van der Waals surface area contributed by atoms with Crippen LogP contribution in [0.25, 0.3) is 0 Å². The number of rotatable bonds is 2. The van der Waals surface area contributed by atoms with Crippen LogP contribution in [-0.4, -0.2) is 60.6 Å². The van der Waals surface area contributed by atoms with Gasteiger partial charge in [0.1, 0.15) is 0 Å². The maximum absolute atomic E-state index is 3.82. The van der Waals surface area contributed by atoms with Gasteiger partial charge in [0.25, 0.3) is 0 Å². The molecule has 5 aliphatic rings. The predicted molar refractivity (Wildman–Crippen MR) is 73.7 cm³/mol. The Bertz CT molecular complexity index is 320. The first-order valence-electron chi connectivity index (χ1n) is 7.96. The zero-order valence-corrected chi connectivity index (χ0v) is 11.7. The SMILES string of the molecule is CC1(C2CC2)CN(C2CN3CCC2CC3)CCN1. The average molecular weight is 249 g/mol. The van der Waals surface area contributed by atoms with Gasteiger partial charge >= 0.3 is 0 Å². The molecule has 1 aliphatic carbocycles. The topological polar surface area (TPSA) is 18.5 Å². The summed E-state index contributed by atoms with van der Waals surface area (Å²) in [7, 11) is 0. The zero-order chi connectivity index (χ0) is 12.2. The molecule has 2 atom stereocenters. The fourth-order valence-corrected chi connectivity index (χ4v) is 4.67. The predicted octanol–water partition coefficient (Wildman–Crippen LogP) is 1.15. The summed E-state index contributed by atoms with van der Waals surface area (Å²) in [4.78, 5) is 5.53. The molecule has 18 heavy (non-hydrogen) atoms. The molecule has 4 heterocycles. The largest absolute Gasteiger partial charge is 0.309 e. The number of piperidine rings is 3. The van der Waals surface area contributed by atoms with E-state index in [0.717, 1.165) is 17.9 Å². The van der Waals surface area contributed by atoms with E-state index < -0.39 is 0 Å². The van der Waals surface area contributed by atoms with Gasteiger partial charge in [-0.1, -0.05) is 0 Å². The third kappa shape index (κ3) is 1.91. The first kappa shape index (κ1) is 11.7. The van der Waals surface area contributed by atoms with E-state index in [1.807, 2.05) is 0 Å². The highest BCUT2D eigenvalue weighted by atomic mass is 15.3. The normalized spacial score (nSPS) is 49.5. The molecule has 3 heteroatoms. The van der Waals surface area contributed by atoms with E-state index in [0.29, 0.717) is 5.54 Å². The van der Waals surface area contributed by atoms with Crippen LogP contribution in [0.2, 0.25) is 0 Å². The number of nitrogens with zero attached hydrogens (tertiary/aromatic N) is 2. The first-order valence-corrected chi connectivity index (χ1v) is 7.96. The van der Waals surface area contributed by atoms with Crippen molar-refractivity contribution >= 4 is 0 Å². The monoisotopic (exact) mass is 249 g/mol. The molecular formula is C15H27N3. The molecule has 2 bridgehead atoms. The van der Waals surface area contributed by atoms with Gasteiger partial charge in [-0.05, 0) is 57.5 Å². The Balaban J connectivity index is 1.47. The van der Waals surface area contributed by atoms with Crippen LogP contribution >= 0.6 is 0 Å². The Morgan fingerprint density at radius 1 is 1.06 bits per heavy atom. The fourth-order valence-electron chi connectivity index (χ4n) is 4.67. The zero-order valence-electron chi connectivity index (χ0n) is 11.7. The standard InChI is InChI=1S/C15H27N3/c1-15(13-2-3-13)11-18(9-6-16-15)14-10-17-7-4-12(14)5-8-17/h12-14,16H,2-11H2,1H3. The summed E-state index contributed by atoms with van der Waals surface area (Å²) in [6, 6.07) is 0.868. The molecular weight excluding hydrogens is 222 g/mol. The lowest BCUT2D eigenvalue weighted by molar-refractivity contribution is -0.0202. The second-order valence-electron chi connectivity index (χ2n) is 7.29. The van der Waals surface area contributed by atoms with Crippen molar-refractivity contribution in [2.75, 3.05) is 39.3 Å². The van der Waals surface area contributed by atoms with Gasteiger partial charge in [-0.2, -0.15) is 0 Å². The summed E-state index contributed by atoms with van der Waals surface area (Å²) in [6.45, 7) is 10.3. The molecule has 0 aromatic heterocycles. The highest BCUT2D eigenvalue weighted by Gasteiger charge is 2.47. The van der Waals surface area contributed by atoms with Crippen LogP contribution in [0.3, 0.4) is 0 Å². The summed E-state index contributed by atoms with van der Waals surface area (Å²) < 4.78 is 0. The lowest BCUT2D eigenvalue weighted by atomic mass is 9.81. The number of hydrogen-bond acceptors (Lipinski definition) is 3. The quantitative estimate of drug-likeness (QED) is 0.792. The molecule has 1 N–H and O–H groups in total. The van der Waals surface area contributed by atoms with E-state index in [1.165, 1.54) is 65.0 Å². The van der Waals surface area contributed by atoms with Gasteiger partial charge in [0, 0.05) is 37.8 Å². The maximum atomic E-state index is 3.82. The molecule has 0 aromatic rings. The number of nitrogens with one attached hydrogen (secondary N) is 1. The Morgan fingerprint density at radius 2 is 1.83 bits per heavy atom.